The highest BCUT2D eigenvalue weighted by molar-refractivity contribution is 7.91. The number of carbonyl (C=O) groups is 1. The van der Waals surface area contributed by atoms with Gasteiger partial charge < -0.3 is 4.74 Å². The third-order valence-corrected chi connectivity index (χ3v) is 6.05. The first-order valence-corrected chi connectivity index (χ1v) is 9.29. The molecule has 114 valence electrons. The van der Waals surface area contributed by atoms with Gasteiger partial charge in [-0.1, -0.05) is 23.2 Å². The van der Waals surface area contributed by atoms with E-state index in [9.17, 15) is 13.2 Å². The Hall–Kier alpha value is -0.780. The number of esters is 1. The van der Waals surface area contributed by atoms with E-state index in [2.05, 4.69) is 0 Å². The summed E-state index contributed by atoms with van der Waals surface area (Å²) in [5, 5.41) is 1.08. The Balaban J connectivity index is 1.61. The second-order valence-corrected chi connectivity index (χ2v) is 8.71. The second-order valence-electron chi connectivity index (χ2n) is 5.61. The molecule has 1 aliphatic carbocycles. The minimum Gasteiger partial charge on any atom is -0.461 e. The second kappa shape index (κ2) is 5.45. The van der Waals surface area contributed by atoms with Crippen LogP contribution in [0, 0.1) is 5.92 Å². The van der Waals surface area contributed by atoms with Crippen LogP contribution in [0.2, 0.25) is 10.0 Å². The lowest BCUT2D eigenvalue weighted by Gasteiger charge is -2.10. The molecule has 1 aromatic carbocycles. The number of rotatable bonds is 3. The molecule has 0 spiro atoms. The van der Waals surface area contributed by atoms with Crippen molar-refractivity contribution in [2.45, 2.75) is 24.9 Å². The first-order chi connectivity index (χ1) is 9.84. The van der Waals surface area contributed by atoms with Gasteiger partial charge in [0, 0.05) is 10.0 Å². The molecular weight excluding hydrogens is 335 g/mol. The highest BCUT2D eigenvalue weighted by atomic mass is 35.5. The summed E-state index contributed by atoms with van der Waals surface area (Å²) in [5.74, 6) is -0.435. The van der Waals surface area contributed by atoms with Crippen molar-refractivity contribution in [2.24, 2.45) is 5.92 Å². The van der Waals surface area contributed by atoms with Crippen molar-refractivity contribution in [3.05, 3.63) is 33.8 Å². The summed E-state index contributed by atoms with van der Waals surface area (Å²) in [6.07, 6.45) is 0.593. The molecule has 1 heterocycles. The van der Waals surface area contributed by atoms with Crippen LogP contribution in [0.4, 0.5) is 0 Å². The average molecular weight is 349 g/mol. The number of ether oxygens (including phenoxy) is 1. The van der Waals surface area contributed by atoms with Crippen LogP contribution in [0.15, 0.2) is 18.2 Å². The van der Waals surface area contributed by atoms with E-state index in [4.69, 9.17) is 27.9 Å². The number of benzene rings is 1. The summed E-state index contributed by atoms with van der Waals surface area (Å²) in [6.45, 7) is 0. The molecule has 7 heteroatoms. The quantitative estimate of drug-likeness (QED) is 0.788. The van der Waals surface area contributed by atoms with Gasteiger partial charge in [-0.15, -0.1) is 0 Å². The molecule has 0 aromatic heterocycles. The minimum absolute atomic E-state index is 0.0564. The zero-order valence-electron chi connectivity index (χ0n) is 11.1. The van der Waals surface area contributed by atoms with E-state index < -0.39 is 15.9 Å². The van der Waals surface area contributed by atoms with Crippen molar-refractivity contribution in [1.82, 2.24) is 0 Å². The van der Waals surface area contributed by atoms with Crippen LogP contribution in [0.1, 0.15) is 24.3 Å². The molecule has 0 N–H and O–H groups in total. The van der Waals surface area contributed by atoms with E-state index in [1.165, 1.54) is 0 Å². The SMILES string of the molecule is O=C(O[C@@H]1CCS(=O)(=O)C1)[C@@H]1C[C@H]1c1cc(Cl)cc(Cl)c1. The van der Waals surface area contributed by atoms with E-state index in [1.54, 1.807) is 18.2 Å². The topological polar surface area (TPSA) is 60.4 Å². The number of carbonyl (C=O) groups excluding carboxylic acids is 1. The molecule has 0 bridgehead atoms. The molecule has 3 rings (SSSR count). The predicted octanol–water partition coefficient (Wildman–Crippen LogP) is 2.83. The molecule has 4 nitrogen and oxygen atoms in total. The predicted molar refractivity (Wildman–Crippen MR) is 80.5 cm³/mol. The standard InChI is InChI=1S/C14H14Cl2O4S/c15-9-3-8(4-10(16)5-9)12-6-13(12)14(17)20-11-1-2-21(18,19)7-11/h3-5,11-13H,1-2,6-7H2/t11-,12+,13-/m1/s1. The van der Waals surface area contributed by atoms with Crippen LogP contribution in [-0.2, 0) is 19.4 Å². The van der Waals surface area contributed by atoms with Gasteiger partial charge in [0.25, 0.3) is 0 Å². The third kappa shape index (κ3) is 3.52. The van der Waals surface area contributed by atoms with Crippen molar-refractivity contribution in [3.8, 4) is 0 Å². The smallest absolute Gasteiger partial charge is 0.309 e. The van der Waals surface area contributed by atoms with Crippen molar-refractivity contribution < 1.29 is 17.9 Å². The van der Waals surface area contributed by atoms with Crippen molar-refractivity contribution in [3.63, 3.8) is 0 Å². The number of hydrogen-bond donors (Lipinski definition) is 0. The fraction of sp³-hybridized carbons (Fsp3) is 0.500. The normalized spacial score (nSPS) is 30.1. The first-order valence-electron chi connectivity index (χ1n) is 6.71. The molecule has 21 heavy (non-hydrogen) atoms. The van der Waals surface area contributed by atoms with Gasteiger partial charge in [-0.3, -0.25) is 4.79 Å². The van der Waals surface area contributed by atoms with Crippen LogP contribution in [0.5, 0.6) is 0 Å². The lowest BCUT2D eigenvalue weighted by Crippen LogP contribution is -2.20. The van der Waals surface area contributed by atoms with E-state index in [-0.39, 0.29) is 29.3 Å². The van der Waals surface area contributed by atoms with Gasteiger partial charge in [0.15, 0.2) is 9.84 Å². The summed E-state index contributed by atoms with van der Waals surface area (Å²) < 4.78 is 28.0. The number of sulfone groups is 1. The molecule has 0 amide bonds. The van der Waals surface area contributed by atoms with Crippen LogP contribution < -0.4 is 0 Å². The largest absolute Gasteiger partial charge is 0.461 e. The van der Waals surface area contributed by atoms with E-state index in [0.29, 0.717) is 22.9 Å². The van der Waals surface area contributed by atoms with Gasteiger partial charge in [-0.25, -0.2) is 8.42 Å². The summed E-state index contributed by atoms with van der Waals surface area (Å²) in [4.78, 5) is 12.0. The van der Waals surface area contributed by atoms with Crippen LogP contribution in [-0.4, -0.2) is 32.0 Å². The highest BCUT2D eigenvalue weighted by Crippen LogP contribution is 2.49. The minimum atomic E-state index is -3.04. The molecule has 1 aliphatic heterocycles. The maximum Gasteiger partial charge on any atom is 0.309 e. The lowest BCUT2D eigenvalue weighted by atomic mass is 10.1. The van der Waals surface area contributed by atoms with Crippen molar-refractivity contribution >= 4 is 39.0 Å². The molecule has 1 saturated carbocycles. The molecule has 0 unspecified atom stereocenters. The summed E-state index contributed by atoms with van der Waals surface area (Å²) in [6, 6.07) is 5.24. The molecular formula is C14H14Cl2O4S. The number of hydrogen-bond acceptors (Lipinski definition) is 4. The first kappa shape index (κ1) is 15.1. The Bertz CT molecular complexity index is 666. The lowest BCUT2D eigenvalue weighted by molar-refractivity contribution is -0.149. The summed E-state index contributed by atoms with van der Waals surface area (Å²) in [7, 11) is -3.04. The van der Waals surface area contributed by atoms with Gasteiger partial charge in [0.2, 0.25) is 0 Å². The Morgan fingerprint density at radius 2 is 1.86 bits per heavy atom. The highest BCUT2D eigenvalue weighted by Gasteiger charge is 2.46. The zero-order chi connectivity index (χ0) is 15.2. The zero-order valence-corrected chi connectivity index (χ0v) is 13.4. The Morgan fingerprint density at radius 1 is 1.19 bits per heavy atom. The van der Waals surface area contributed by atoms with Crippen LogP contribution in [0.3, 0.4) is 0 Å². The Morgan fingerprint density at radius 3 is 2.43 bits per heavy atom. The third-order valence-electron chi connectivity index (χ3n) is 3.88. The summed E-state index contributed by atoms with van der Waals surface area (Å²) in [5.41, 5.74) is 0.925. The van der Waals surface area contributed by atoms with Gasteiger partial charge in [0.1, 0.15) is 6.10 Å². The molecule has 2 fully saturated rings. The Kier molecular flexibility index (Phi) is 3.93. The van der Waals surface area contributed by atoms with Crippen molar-refractivity contribution in [2.75, 3.05) is 11.5 Å². The van der Waals surface area contributed by atoms with Gasteiger partial charge in [-0.2, -0.15) is 0 Å². The van der Waals surface area contributed by atoms with E-state index in [0.717, 1.165) is 5.56 Å². The van der Waals surface area contributed by atoms with Gasteiger partial charge in [-0.05, 0) is 42.5 Å². The maximum absolute atomic E-state index is 12.0. The van der Waals surface area contributed by atoms with Gasteiger partial charge in [0.05, 0.1) is 17.4 Å². The molecule has 3 atom stereocenters. The molecule has 1 aromatic rings. The van der Waals surface area contributed by atoms with Crippen molar-refractivity contribution in [1.29, 1.82) is 0 Å². The fourth-order valence-corrected chi connectivity index (χ4v) is 4.85. The van der Waals surface area contributed by atoms with Crippen LogP contribution >= 0.6 is 23.2 Å². The van der Waals surface area contributed by atoms with E-state index >= 15 is 0 Å². The van der Waals surface area contributed by atoms with E-state index in [1.807, 2.05) is 0 Å². The Labute approximate surface area is 133 Å². The monoisotopic (exact) mass is 348 g/mol. The molecule has 0 radical (unpaired) electrons. The van der Waals surface area contributed by atoms with Gasteiger partial charge >= 0.3 is 5.97 Å². The molecule has 2 aliphatic rings. The fourth-order valence-electron chi connectivity index (χ4n) is 2.72. The number of halogens is 2. The average Bonchev–Trinajstić information content (AvgIpc) is 3.08. The van der Waals surface area contributed by atoms with Crippen LogP contribution in [0.25, 0.3) is 0 Å². The molecule has 1 saturated heterocycles. The maximum atomic E-state index is 12.0. The summed E-state index contributed by atoms with van der Waals surface area (Å²) >= 11 is 11.9.